The normalized spacial score (nSPS) is 11.7. The van der Waals surface area contributed by atoms with Crippen LogP contribution >= 0.6 is 0 Å². The molecule has 3 heteroatoms. The summed E-state index contributed by atoms with van der Waals surface area (Å²) < 4.78 is 5.66. The van der Waals surface area contributed by atoms with E-state index in [1.54, 1.807) is 6.92 Å². The molecule has 1 N–H and O–H groups in total. The first-order valence-corrected chi connectivity index (χ1v) is 6.03. The van der Waals surface area contributed by atoms with Gasteiger partial charge in [-0.3, -0.25) is 0 Å². The smallest absolute Gasteiger partial charge is 0.328 e. The number of carboxylic acid groups (broad SMARTS) is 1. The summed E-state index contributed by atoms with van der Waals surface area (Å²) >= 11 is 0. The molecule has 0 amide bonds. The number of ether oxygens (including phenoxy) is 1. The third-order valence-corrected chi connectivity index (χ3v) is 2.70. The summed E-state index contributed by atoms with van der Waals surface area (Å²) in [6.07, 6.45) is 1.17. The Morgan fingerprint density at radius 2 is 2.11 bits per heavy atom. The van der Waals surface area contributed by atoms with Crippen LogP contribution in [0, 0.1) is 6.92 Å². The number of carboxylic acids is 1. The summed E-state index contributed by atoms with van der Waals surface area (Å²) in [5.74, 6) is 0.326. The molecular formula is C15H20O3. The van der Waals surface area contributed by atoms with Gasteiger partial charge < -0.3 is 9.84 Å². The molecular weight excluding hydrogens is 228 g/mol. The molecule has 0 bridgehead atoms. The van der Waals surface area contributed by atoms with E-state index < -0.39 is 5.97 Å². The van der Waals surface area contributed by atoms with Gasteiger partial charge in [-0.25, -0.2) is 4.79 Å². The van der Waals surface area contributed by atoms with Crippen molar-refractivity contribution in [1.29, 1.82) is 0 Å². The van der Waals surface area contributed by atoms with Crippen LogP contribution < -0.4 is 4.74 Å². The Morgan fingerprint density at radius 1 is 1.44 bits per heavy atom. The topological polar surface area (TPSA) is 46.5 Å². The monoisotopic (exact) mass is 248 g/mol. The van der Waals surface area contributed by atoms with Crippen LogP contribution in [0.1, 0.15) is 37.8 Å². The SMILES string of the molecule is CC(=CC(=O)O)COc1cc(C(C)C)ccc1C. The van der Waals surface area contributed by atoms with Crippen molar-refractivity contribution in [2.45, 2.75) is 33.6 Å². The fourth-order valence-corrected chi connectivity index (χ4v) is 1.58. The van der Waals surface area contributed by atoms with Crippen LogP contribution in [-0.2, 0) is 4.79 Å². The average molecular weight is 248 g/mol. The van der Waals surface area contributed by atoms with Crippen molar-refractivity contribution in [2.24, 2.45) is 0 Å². The highest BCUT2D eigenvalue weighted by atomic mass is 16.5. The van der Waals surface area contributed by atoms with Crippen molar-refractivity contribution in [1.82, 2.24) is 0 Å². The average Bonchev–Trinajstić information content (AvgIpc) is 2.26. The van der Waals surface area contributed by atoms with Gasteiger partial charge in [-0.15, -0.1) is 0 Å². The summed E-state index contributed by atoms with van der Waals surface area (Å²) in [6.45, 7) is 8.29. The van der Waals surface area contributed by atoms with Crippen molar-refractivity contribution >= 4 is 5.97 Å². The van der Waals surface area contributed by atoms with E-state index in [9.17, 15) is 4.79 Å². The standard InChI is InChI=1S/C15H20O3/c1-10(2)13-6-5-12(4)14(8-13)18-9-11(3)7-15(16)17/h5-8,10H,9H2,1-4H3,(H,16,17). The number of hydrogen-bond acceptors (Lipinski definition) is 2. The summed E-state index contributed by atoms with van der Waals surface area (Å²) in [7, 11) is 0. The summed E-state index contributed by atoms with van der Waals surface area (Å²) in [5.41, 5.74) is 2.97. The van der Waals surface area contributed by atoms with E-state index in [4.69, 9.17) is 9.84 Å². The van der Waals surface area contributed by atoms with Crippen molar-refractivity contribution in [3.05, 3.63) is 41.0 Å². The minimum absolute atomic E-state index is 0.300. The highest BCUT2D eigenvalue weighted by molar-refractivity contribution is 5.80. The van der Waals surface area contributed by atoms with Crippen LogP contribution in [0.4, 0.5) is 0 Å². The summed E-state index contributed by atoms with van der Waals surface area (Å²) in [4.78, 5) is 10.5. The van der Waals surface area contributed by atoms with E-state index in [2.05, 4.69) is 19.9 Å². The Labute approximate surface area is 108 Å². The number of hydrogen-bond donors (Lipinski definition) is 1. The molecule has 0 aliphatic heterocycles. The lowest BCUT2D eigenvalue weighted by Gasteiger charge is -2.12. The zero-order valence-corrected chi connectivity index (χ0v) is 11.4. The molecule has 3 nitrogen and oxygen atoms in total. The van der Waals surface area contributed by atoms with Gasteiger partial charge in [0.15, 0.2) is 0 Å². The Bertz CT molecular complexity index is 459. The summed E-state index contributed by atoms with van der Waals surface area (Å²) in [6, 6.07) is 6.14. The Morgan fingerprint density at radius 3 is 2.67 bits per heavy atom. The van der Waals surface area contributed by atoms with Gasteiger partial charge in [-0.2, -0.15) is 0 Å². The van der Waals surface area contributed by atoms with Gasteiger partial charge in [0.05, 0.1) is 0 Å². The molecule has 0 saturated heterocycles. The lowest BCUT2D eigenvalue weighted by Crippen LogP contribution is -2.03. The first-order chi connectivity index (χ1) is 8.40. The largest absolute Gasteiger partial charge is 0.489 e. The number of carbonyl (C=O) groups is 1. The van der Waals surface area contributed by atoms with Crippen molar-refractivity contribution in [3.8, 4) is 5.75 Å². The van der Waals surface area contributed by atoms with Crippen LogP contribution in [0.3, 0.4) is 0 Å². The van der Waals surface area contributed by atoms with Gasteiger partial charge in [0.25, 0.3) is 0 Å². The maximum absolute atomic E-state index is 10.5. The molecule has 1 aromatic carbocycles. The van der Waals surface area contributed by atoms with E-state index >= 15 is 0 Å². The fourth-order valence-electron chi connectivity index (χ4n) is 1.58. The van der Waals surface area contributed by atoms with Crippen molar-refractivity contribution < 1.29 is 14.6 Å². The van der Waals surface area contributed by atoms with Crippen molar-refractivity contribution in [2.75, 3.05) is 6.61 Å². The van der Waals surface area contributed by atoms with E-state index in [0.717, 1.165) is 11.3 Å². The molecule has 0 heterocycles. The third-order valence-electron chi connectivity index (χ3n) is 2.70. The molecule has 1 aromatic rings. The quantitative estimate of drug-likeness (QED) is 0.811. The molecule has 18 heavy (non-hydrogen) atoms. The molecule has 0 fully saturated rings. The number of aliphatic carboxylic acids is 1. The molecule has 0 radical (unpaired) electrons. The zero-order chi connectivity index (χ0) is 13.7. The summed E-state index contributed by atoms with van der Waals surface area (Å²) in [5, 5.41) is 8.62. The van der Waals surface area contributed by atoms with Crippen molar-refractivity contribution in [3.63, 3.8) is 0 Å². The third kappa shape index (κ3) is 4.24. The van der Waals surface area contributed by atoms with Crippen LogP contribution in [0.15, 0.2) is 29.8 Å². The second-order valence-electron chi connectivity index (χ2n) is 4.80. The van der Waals surface area contributed by atoms with E-state index in [1.165, 1.54) is 11.6 Å². The van der Waals surface area contributed by atoms with Crippen LogP contribution in [0.2, 0.25) is 0 Å². The molecule has 0 aliphatic rings. The van der Waals surface area contributed by atoms with E-state index in [-0.39, 0.29) is 0 Å². The molecule has 98 valence electrons. The molecule has 1 rings (SSSR count). The zero-order valence-electron chi connectivity index (χ0n) is 11.4. The number of rotatable bonds is 5. The maximum atomic E-state index is 10.5. The van der Waals surface area contributed by atoms with E-state index in [1.807, 2.05) is 19.1 Å². The maximum Gasteiger partial charge on any atom is 0.328 e. The minimum Gasteiger partial charge on any atom is -0.489 e. The molecule has 0 spiro atoms. The second kappa shape index (κ2) is 6.24. The lowest BCUT2D eigenvalue weighted by atomic mass is 10.0. The number of benzene rings is 1. The predicted molar refractivity (Wildman–Crippen MR) is 72.2 cm³/mol. The Balaban J connectivity index is 2.78. The van der Waals surface area contributed by atoms with Gasteiger partial charge in [-0.05, 0) is 42.5 Å². The molecule has 0 saturated carbocycles. The first-order valence-electron chi connectivity index (χ1n) is 6.03. The molecule has 0 unspecified atom stereocenters. The molecule has 0 aromatic heterocycles. The van der Waals surface area contributed by atoms with Crippen LogP contribution in [-0.4, -0.2) is 17.7 Å². The Hall–Kier alpha value is -1.77. The van der Waals surface area contributed by atoms with Crippen LogP contribution in [0.5, 0.6) is 5.75 Å². The predicted octanol–water partition coefficient (Wildman–Crippen LogP) is 3.53. The number of aryl methyl sites for hydroxylation is 1. The van der Waals surface area contributed by atoms with E-state index in [0.29, 0.717) is 18.1 Å². The molecule has 0 aliphatic carbocycles. The van der Waals surface area contributed by atoms with Crippen LogP contribution in [0.25, 0.3) is 0 Å². The van der Waals surface area contributed by atoms with Gasteiger partial charge in [0.2, 0.25) is 0 Å². The highest BCUT2D eigenvalue weighted by Crippen LogP contribution is 2.24. The Kier molecular flexibility index (Phi) is 4.95. The first kappa shape index (κ1) is 14.3. The fraction of sp³-hybridized carbons (Fsp3) is 0.400. The highest BCUT2D eigenvalue weighted by Gasteiger charge is 2.05. The minimum atomic E-state index is -0.941. The van der Waals surface area contributed by atoms with Gasteiger partial charge in [-0.1, -0.05) is 26.0 Å². The van der Waals surface area contributed by atoms with Gasteiger partial charge in [0, 0.05) is 6.08 Å². The molecule has 0 atom stereocenters. The van der Waals surface area contributed by atoms with Gasteiger partial charge in [0.1, 0.15) is 12.4 Å². The van der Waals surface area contributed by atoms with Gasteiger partial charge >= 0.3 is 5.97 Å². The lowest BCUT2D eigenvalue weighted by molar-refractivity contribution is -0.131. The second-order valence-corrected chi connectivity index (χ2v) is 4.80.